The number of ether oxygens (including phenoxy) is 1. The fraction of sp³-hybridized carbons (Fsp3) is 0.786. The summed E-state index contributed by atoms with van der Waals surface area (Å²) < 4.78 is 6.60. The molecule has 3 aliphatic rings. The summed E-state index contributed by atoms with van der Waals surface area (Å²) in [6.45, 7) is 4.36. The van der Waals surface area contributed by atoms with Gasteiger partial charge in [0.15, 0.2) is 0 Å². The van der Waals surface area contributed by atoms with E-state index in [1.807, 2.05) is 12.1 Å². The summed E-state index contributed by atoms with van der Waals surface area (Å²) in [5.74, 6) is 3.01. The zero-order valence-corrected chi connectivity index (χ0v) is 20.4. The molecule has 2 aliphatic carbocycles. The van der Waals surface area contributed by atoms with Crippen LogP contribution in [0.25, 0.3) is 0 Å². The van der Waals surface area contributed by atoms with E-state index < -0.39 is 0 Å². The Morgan fingerprint density at radius 2 is 1.44 bits per heavy atom. The van der Waals surface area contributed by atoms with Crippen molar-refractivity contribution >= 4 is 17.1 Å². The molecule has 0 radical (unpaired) electrons. The molecule has 0 spiro atoms. The quantitative estimate of drug-likeness (QED) is 0.345. The van der Waals surface area contributed by atoms with Crippen LogP contribution in [-0.2, 0) is 4.74 Å². The average Bonchev–Trinajstić information content (AvgIpc) is 2.81. The van der Waals surface area contributed by atoms with Gasteiger partial charge in [-0.05, 0) is 87.3 Å². The van der Waals surface area contributed by atoms with Gasteiger partial charge in [0.2, 0.25) is 0 Å². The molecule has 0 unspecified atom stereocenters. The van der Waals surface area contributed by atoms with Crippen molar-refractivity contribution < 1.29 is 4.74 Å². The van der Waals surface area contributed by atoms with Gasteiger partial charge in [0.25, 0.3) is 0 Å². The number of piperidine rings is 1. The predicted octanol–water partition coefficient (Wildman–Crippen LogP) is 6.78. The molecule has 0 bridgehead atoms. The fourth-order valence-corrected chi connectivity index (χ4v) is 6.69. The monoisotopic (exact) mass is 441 g/mol. The lowest BCUT2D eigenvalue weighted by Gasteiger charge is -2.40. The predicted molar refractivity (Wildman–Crippen MR) is 137 cm³/mol. The smallest absolute Gasteiger partial charge is 0.0612 e. The molecule has 1 saturated heterocycles. The third-order valence-electron chi connectivity index (χ3n) is 8.71. The van der Waals surface area contributed by atoms with Crippen molar-refractivity contribution in [2.24, 2.45) is 17.8 Å². The molecule has 0 amide bonds. The van der Waals surface area contributed by atoms with E-state index in [2.05, 4.69) is 17.9 Å². The molecule has 0 atom stereocenters. The molecule has 0 aromatic heterocycles. The van der Waals surface area contributed by atoms with Crippen molar-refractivity contribution in [2.45, 2.75) is 109 Å². The molecule has 1 heterocycles. The number of unbranched alkanes of at least 4 members (excludes halogenated alkanes) is 2. The lowest BCUT2D eigenvalue weighted by Crippen LogP contribution is -2.39. The van der Waals surface area contributed by atoms with Crippen molar-refractivity contribution in [3.63, 3.8) is 0 Å². The van der Waals surface area contributed by atoms with Gasteiger partial charge in [-0.3, -0.25) is 0 Å². The van der Waals surface area contributed by atoms with Crippen molar-refractivity contribution in [3.8, 4) is 0 Å². The molecular formula is C28H47N3O. The Kier molecular flexibility index (Phi) is 8.62. The molecule has 4 heteroatoms. The molecular weight excluding hydrogens is 394 g/mol. The zero-order chi connectivity index (χ0) is 22.3. The number of nitrogens with zero attached hydrogens (tertiary/aromatic N) is 1. The van der Waals surface area contributed by atoms with Crippen molar-refractivity contribution in [3.05, 3.63) is 18.2 Å². The number of nitrogen functional groups attached to an aromatic ring is 2. The largest absolute Gasteiger partial charge is 0.399 e. The highest BCUT2D eigenvalue weighted by molar-refractivity contribution is 5.72. The number of rotatable bonds is 8. The lowest BCUT2D eigenvalue weighted by atomic mass is 9.70. The van der Waals surface area contributed by atoms with Gasteiger partial charge in [-0.15, -0.1) is 0 Å². The summed E-state index contributed by atoms with van der Waals surface area (Å²) >= 11 is 0. The summed E-state index contributed by atoms with van der Waals surface area (Å²) in [4.78, 5) is 2.39. The van der Waals surface area contributed by atoms with Gasteiger partial charge in [0.1, 0.15) is 0 Å². The summed E-state index contributed by atoms with van der Waals surface area (Å²) in [5, 5.41) is 0. The van der Waals surface area contributed by atoms with E-state index in [4.69, 9.17) is 16.2 Å². The van der Waals surface area contributed by atoms with Gasteiger partial charge in [0.05, 0.1) is 23.6 Å². The van der Waals surface area contributed by atoms with Crippen LogP contribution in [0.5, 0.6) is 0 Å². The Hall–Kier alpha value is -1.42. The second kappa shape index (κ2) is 11.6. The molecule has 4 rings (SSSR count). The van der Waals surface area contributed by atoms with E-state index >= 15 is 0 Å². The van der Waals surface area contributed by atoms with Gasteiger partial charge in [0, 0.05) is 18.8 Å². The standard InChI is InChI=1S/C28H47N3O/c1-2-3-4-5-21-6-8-22(9-7-21)23-10-13-25(14-11-23)32-26-16-18-31(19-17-26)28-15-12-24(29)20-27(28)30/h12,15,20-23,25-26H,2-11,13-14,16-19,29-30H2,1H3. The van der Waals surface area contributed by atoms with Crippen molar-refractivity contribution in [1.29, 1.82) is 0 Å². The molecule has 1 aromatic rings. The lowest BCUT2D eigenvalue weighted by molar-refractivity contribution is -0.0508. The summed E-state index contributed by atoms with van der Waals surface area (Å²) in [7, 11) is 0. The van der Waals surface area contributed by atoms with E-state index in [1.54, 1.807) is 0 Å². The molecule has 4 N–H and O–H groups in total. The maximum Gasteiger partial charge on any atom is 0.0612 e. The van der Waals surface area contributed by atoms with Crippen LogP contribution in [0.1, 0.15) is 96.8 Å². The Morgan fingerprint density at radius 1 is 0.812 bits per heavy atom. The maximum atomic E-state index is 6.60. The molecule has 32 heavy (non-hydrogen) atoms. The number of nitrogens with two attached hydrogens (primary N) is 2. The van der Waals surface area contributed by atoms with Crippen LogP contribution in [-0.4, -0.2) is 25.3 Å². The highest BCUT2D eigenvalue weighted by atomic mass is 16.5. The van der Waals surface area contributed by atoms with Gasteiger partial charge < -0.3 is 21.1 Å². The van der Waals surface area contributed by atoms with Crippen LogP contribution in [0.15, 0.2) is 18.2 Å². The van der Waals surface area contributed by atoms with E-state index in [-0.39, 0.29) is 0 Å². The molecule has 180 valence electrons. The Balaban J connectivity index is 1.13. The molecule has 1 aliphatic heterocycles. The van der Waals surface area contributed by atoms with Crippen molar-refractivity contribution in [1.82, 2.24) is 0 Å². The first kappa shape index (κ1) is 23.7. The van der Waals surface area contributed by atoms with Gasteiger partial charge in [-0.1, -0.05) is 45.4 Å². The second-order valence-electron chi connectivity index (χ2n) is 11.0. The van der Waals surface area contributed by atoms with E-state index in [9.17, 15) is 0 Å². The Morgan fingerprint density at radius 3 is 2.06 bits per heavy atom. The first-order valence-corrected chi connectivity index (χ1v) is 13.7. The highest BCUT2D eigenvalue weighted by Gasteiger charge is 2.32. The average molecular weight is 442 g/mol. The zero-order valence-electron chi connectivity index (χ0n) is 20.4. The maximum absolute atomic E-state index is 6.60. The first-order valence-electron chi connectivity index (χ1n) is 13.7. The summed E-state index contributed by atoms with van der Waals surface area (Å²) in [5.41, 5.74) is 14.7. The number of benzene rings is 1. The highest BCUT2D eigenvalue weighted by Crippen LogP contribution is 2.42. The van der Waals surface area contributed by atoms with Crippen molar-refractivity contribution in [2.75, 3.05) is 29.5 Å². The third-order valence-corrected chi connectivity index (χ3v) is 8.71. The van der Waals surface area contributed by atoms with Crippen LogP contribution < -0.4 is 16.4 Å². The normalized spacial score (nSPS) is 29.8. The van der Waals surface area contributed by atoms with Gasteiger partial charge in [-0.25, -0.2) is 0 Å². The molecule has 3 fully saturated rings. The molecule has 1 aromatic carbocycles. The van der Waals surface area contributed by atoms with Crippen LogP contribution in [0.3, 0.4) is 0 Å². The SMILES string of the molecule is CCCCCC1CCC(C2CCC(OC3CCN(c4ccc(N)cc4N)CC3)CC2)CC1. The number of hydrogen-bond donors (Lipinski definition) is 2. The number of hydrogen-bond acceptors (Lipinski definition) is 4. The first-order chi connectivity index (χ1) is 15.6. The van der Waals surface area contributed by atoms with Crippen LogP contribution in [0, 0.1) is 17.8 Å². The summed E-state index contributed by atoms with van der Waals surface area (Å²) in [6.07, 6.45) is 20.2. The van der Waals surface area contributed by atoms with Crippen LogP contribution in [0.4, 0.5) is 17.1 Å². The third kappa shape index (κ3) is 6.34. The van der Waals surface area contributed by atoms with Gasteiger partial charge in [-0.2, -0.15) is 0 Å². The summed E-state index contributed by atoms with van der Waals surface area (Å²) in [6, 6.07) is 5.88. The van der Waals surface area contributed by atoms with E-state index in [0.29, 0.717) is 12.2 Å². The van der Waals surface area contributed by atoms with Crippen LogP contribution >= 0.6 is 0 Å². The second-order valence-corrected chi connectivity index (χ2v) is 11.0. The van der Waals surface area contributed by atoms with E-state index in [1.165, 1.54) is 77.0 Å². The topological polar surface area (TPSA) is 64.5 Å². The molecule has 2 saturated carbocycles. The van der Waals surface area contributed by atoms with E-state index in [0.717, 1.165) is 60.7 Å². The minimum absolute atomic E-state index is 0.418. The fourth-order valence-electron chi connectivity index (χ4n) is 6.69. The molecule has 4 nitrogen and oxygen atoms in total. The van der Waals surface area contributed by atoms with Gasteiger partial charge >= 0.3 is 0 Å². The minimum Gasteiger partial charge on any atom is -0.399 e. The number of anilines is 3. The Labute approximate surface area is 196 Å². The Bertz CT molecular complexity index is 684. The van der Waals surface area contributed by atoms with Crippen LogP contribution in [0.2, 0.25) is 0 Å². The minimum atomic E-state index is 0.418.